The highest BCUT2D eigenvalue weighted by Crippen LogP contribution is 2.22. The van der Waals surface area contributed by atoms with Gasteiger partial charge in [0.15, 0.2) is 0 Å². The lowest BCUT2D eigenvalue weighted by atomic mass is 10.2. The average Bonchev–Trinajstić information content (AvgIpc) is 2.65. The minimum Gasteiger partial charge on any atom is -0.478 e. The summed E-state index contributed by atoms with van der Waals surface area (Å²) < 4.78 is 1.74. The topological polar surface area (TPSA) is 55.1 Å². The molecule has 0 fully saturated rings. The van der Waals surface area contributed by atoms with E-state index in [4.69, 9.17) is 16.7 Å². The van der Waals surface area contributed by atoms with Crippen molar-refractivity contribution in [3.05, 3.63) is 47.0 Å². The number of aromatic carboxylic acids is 1. The summed E-state index contributed by atoms with van der Waals surface area (Å²) in [5.74, 6) is -0.222. The van der Waals surface area contributed by atoms with Crippen molar-refractivity contribution in [1.82, 2.24) is 9.55 Å². The fourth-order valence-electron chi connectivity index (χ4n) is 1.46. The van der Waals surface area contributed by atoms with Crippen LogP contribution < -0.4 is 0 Å². The summed E-state index contributed by atoms with van der Waals surface area (Å²) >= 11 is 6.02. The third-order valence-corrected chi connectivity index (χ3v) is 2.60. The molecule has 5 heteroatoms. The maximum Gasteiger partial charge on any atom is 0.335 e. The quantitative estimate of drug-likeness (QED) is 0.872. The van der Waals surface area contributed by atoms with E-state index in [2.05, 4.69) is 4.98 Å². The normalized spacial score (nSPS) is 10.4. The number of carboxylic acids is 1. The highest BCUT2D eigenvalue weighted by Gasteiger charge is 2.09. The van der Waals surface area contributed by atoms with Crippen LogP contribution in [0.5, 0.6) is 0 Å². The van der Waals surface area contributed by atoms with Crippen LogP contribution in [0.15, 0.2) is 30.6 Å². The Bertz CT molecular complexity index is 549. The first-order valence-corrected chi connectivity index (χ1v) is 5.00. The van der Waals surface area contributed by atoms with Crippen LogP contribution in [-0.4, -0.2) is 20.6 Å². The van der Waals surface area contributed by atoms with E-state index in [0.717, 1.165) is 5.82 Å². The van der Waals surface area contributed by atoms with Gasteiger partial charge in [-0.15, -0.1) is 0 Å². The largest absolute Gasteiger partial charge is 0.478 e. The number of rotatable bonds is 2. The van der Waals surface area contributed by atoms with Crippen LogP contribution in [0.25, 0.3) is 5.69 Å². The van der Waals surface area contributed by atoms with Gasteiger partial charge in [-0.2, -0.15) is 0 Å². The molecule has 1 N–H and O–H groups in total. The Labute approximate surface area is 97.1 Å². The zero-order chi connectivity index (χ0) is 11.7. The molecule has 0 bridgehead atoms. The molecule has 0 aliphatic heterocycles. The van der Waals surface area contributed by atoms with Crippen LogP contribution in [0.4, 0.5) is 0 Å². The summed E-state index contributed by atoms with van der Waals surface area (Å²) in [6.45, 7) is 1.82. The zero-order valence-electron chi connectivity index (χ0n) is 8.51. The second-order valence-electron chi connectivity index (χ2n) is 3.32. The lowest BCUT2D eigenvalue weighted by Crippen LogP contribution is -2.01. The minimum absolute atomic E-state index is 0.201. The number of nitrogens with zero attached hydrogens (tertiary/aromatic N) is 2. The molecule has 1 heterocycles. The van der Waals surface area contributed by atoms with Gasteiger partial charge in [0.1, 0.15) is 5.82 Å². The van der Waals surface area contributed by atoms with Crippen LogP contribution >= 0.6 is 11.6 Å². The molecular formula is C11H9ClN2O2. The van der Waals surface area contributed by atoms with E-state index in [9.17, 15) is 4.79 Å². The van der Waals surface area contributed by atoms with Gasteiger partial charge in [0.05, 0.1) is 16.3 Å². The average molecular weight is 237 g/mol. The van der Waals surface area contributed by atoms with E-state index in [1.807, 2.05) is 6.92 Å². The number of imidazole rings is 1. The van der Waals surface area contributed by atoms with Crippen LogP contribution in [0.1, 0.15) is 16.2 Å². The molecule has 0 saturated heterocycles. The molecule has 2 aromatic rings. The van der Waals surface area contributed by atoms with Gasteiger partial charge < -0.3 is 9.67 Å². The van der Waals surface area contributed by atoms with Crippen molar-refractivity contribution in [3.63, 3.8) is 0 Å². The molecule has 0 spiro atoms. The Balaban J connectivity index is 2.60. The molecule has 0 radical (unpaired) electrons. The molecule has 1 aromatic carbocycles. The van der Waals surface area contributed by atoms with E-state index in [1.165, 1.54) is 12.1 Å². The highest BCUT2D eigenvalue weighted by molar-refractivity contribution is 6.32. The second-order valence-corrected chi connectivity index (χ2v) is 3.72. The number of hydrogen-bond acceptors (Lipinski definition) is 2. The molecule has 1 aromatic heterocycles. The number of benzene rings is 1. The van der Waals surface area contributed by atoms with Gasteiger partial charge in [0.2, 0.25) is 0 Å². The molecule has 0 saturated carbocycles. The van der Waals surface area contributed by atoms with E-state index in [1.54, 1.807) is 23.0 Å². The first-order chi connectivity index (χ1) is 7.59. The molecule has 16 heavy (non-hydrogen) atoms. The highest BCUT2D eigenvalue weighted by atomic mass is 35.5. The van der Waals surface area contributed by atoms with Crippen molar-refractivity contribution in [2.45, 2.75) is 6.92 Å². The van der Waals surface area contributed by atoms with Crippen molar-refractivity contribution >= 4 is 17.6 Å². The number of carboxylic acid groups (broad SMARTS) is 1. The summed E-state index contributed by atoms with van der Waals surface area (Å²) in [6.07, 6.45) is 3.38. The first kappa shape index (κ1) is 10.7. The van der Waals surface area contributed by atoms with Gasteiger partial charge in [0, 0.05) is 12.4 Å². The van der Waals surface area contributed by atoms with Gasteiger partial charge in [-0.25, -0.2) is 9.78 Å². The number of carbonyl (C=O) groups is 1. The fraction of sp³-hybridized carbons (Fsp3) is 0.0909. The SMILES string of the molecule is Cc1nccn1-c1cc(C(=O)O)ccc1Cl. The summed E-state index contributed by atoms with van der Waals surface area (Å²) in [4.78, 5) is 14.9. The lowest BCUT2D eigenvalue weighted by molar-refractivity contribution is 0.0697. The predicted octanol–water partition coefficient (Wildman–Crippen LogP) is 2.53. The van der Waals surface area contributed by atoms with Gasteiger partial charge in [-0.05, 0) is 25.1 Å². The van der Waals surface area contributed by atoms with Crippen molar-refractivity contribution in [2.75, 3.05) is 0 Å². The van der Waals surface area contributed by atoms with Crippen molar-refractivity contribution < 1.29 is 9.90 Å². The molecule has 0 aliphatic rings. The Morgan fingerprint density at radius 3 is 2.81 bits per heavy atom. The summed E-state index contributed by atoms with van der Waals surface area (Å²) in [5.41, 5.74) is 0.823. The van der Waals surface area contributed by atoms with Crippen molar-refractivity contribution in [2.24, 2.45) is 0 Å². The van der Waals surface area contributed by atoms with E-state index >= 15 is 0 Å². The van der Waals surface area contributed by atoms with E-state index < -0.39 is 5.97 Å². The number of aryl methyl sites for hydroxylation is 1. The third kappa shape index (κ3) is 1.79. The maximum atomic E-state index is 10.9. The standard InChI is InChI=1S/C11H9ClN2O2/c1-7-13-4-5-14(7)10-6-8(11(15)16)2-3-9(10)12/h2-6H,1H3,(H,15,16). The Kier molecular flexibility index (Phi) is 2.66. The molecule has 82 valence electrons. The summed E-state index contributed by atoms with van der Waals surface area (Å²) in [7, 11) is 0. The van der Waals surface area contributed by atoms with Gasteiger partial charge >= 0.3 is 5.97 Å². The van der Waals surface area contributed by atoms with Crippen LogP contribution in [0, 0.1) is 6.92 Å². The van der Waals surface area contributed by atoms with Gasteiger partial charge in [-0.1, -0.05) is 11.6 Å². The third-order valence-electron chi connectivity index (χ3n) is 2.28. The molecule has 0 amide bonds. The Morgan fingerprint density at radius 1 is 1.50 bits per heavy atom. The molecule has 0 unspecified atom stereocenters. The zero-order valence-corrected chi connectivity index (χ0v) is 9.27. The van der Waals surface area contributed by atoms with Crippen molar-refractivity contribution in [1.29, 1.82) is 0 Å². The van der Waals surface area contributed by atoms with Crippen LogP contribution in [-0.2, 0) is 0 Å². The number of halogens is 1. The van der Waals surface area contributed by atoms with Gasteiger partial charge in [0.25, 0.3) is 0 Å². The first-order valence-electron chi connectivity index (χ1n) is 4.63. The van der Waals surface area contributed by atoms with E-state index in [0.29, 0.717) is 10.7 Å². The summed E-state index contributed by atoms with van der Waals surface area (Å²) in [6, 6.07) is 4.57. The second kappa shape index (κ2) is 3.98. The minimum atomic E-state index is -0.976. The van der Waals surface area contributed by atoms with Crippen LogP contribution in [0.2, 0.25) is 5.02 Å². The number of aromatic nitrogens is 2. The van der Waals surface area contributed by atoms with Crippen LogP contribution in [0.3, 0.4) is 0 Å². The monoisotopic (exact) mass is 236 g/mol. The fourth-order valence-corrected chi connectivity index (χ4v) is 1.67. The van der Waals surface area contributed by atoms with Gasteiger partial charge in [-0.3, -0.25) is 0 Å². The Morgan fingerprint density at radius 2 is 2.25 bits per heavy atom. The smallest absolute Gasteiger partial charge is 0.335 e. The summed E-state index contributed by atoms with van der Waals surface area (Å²) in [5, 5.41) is 9.39. The molecule has 0 atom stereocenters. The lowest BCUT2D eigenvalue weighted by Gasteiger charge is -2.08. The molecular weight excluding hydrogens is 228 g/mol. The molecule has 0 aliphatic carbocycles. The van der Waals surface area contributed by atoms with Crippen molar-refractivity contribution in [3.8, 4) is 5.69 Å². The molecule has 4 nitrogen and oxygen atoms in total. The van der Waals surface area contributed by atoms with E-state index in [-0.39, 0.29) is 5.56 Å². The predicted molar refractivity (Wildman–Crippen MR) is 60.3 cm³/mol. The Hall–Kier alpha value is -1.81. The number of hydrogen-bond donors (Lipinski definition) is 1. The molecule has 2 rings (SSSR count). The maximum absolute atomic E-state index is 10.9.